The van der Waals surface area contributed by atoms with Crippen LogP contribution in [0.2, 0.25) is 10.0 Å². The van der Waals surface area contributed by atoms with E-state index in [9.17, 15) is 0 Å². The van der Waals surface area contributed by atoms with E-state index >= 15 is 0 Å². The number of nitrogens with zero attached hydrogens (tertiary/aromatic N) is 2. The molecule has 0 aliphatic heterocycles. The van der Waals surface area contributed by atoms with Gasteiger partial charge in [-0.25, -0.2) is 4.98 Å². The predicted molar refractivity (Wildman–Crippen MR) is 141 cm³/mol. The molecule has 10 heteroatoms. The Morgan fingerprint density at radius 2 is 1.63 bits per heavy atom. The van der Waals surface area contributed by atoms with Crippen molar-refractivity contribution in [2.75, 3.05) is 26.9 Å². The van der Waals surface area contributed by atoms with Gasteiger partial charge in [0.2, 0.25) is 5.88 Å². The summed E-state index contributed by atoms with van der Waals surface area (Å²) in [4.78, 5) is 9.36. The van der Waals surface area contributed by atoms with E-state index in [1.54, 1.807) is 24.4 Å². The molecule has 0 radical (unpaired) electrons. The molecule has 3 aromatic rings. The van der Waals surface area contributed by atoms with Gasteiger partial charge in [0.25, 0.3) is 0 Å². The highest BCUT2D eigenvalue weighted by atomic mass is 35.5. The number of aromatic nitrogens is 1. The summed E-state index contributed by atoms with van der Waals surface area (Å²) in [6.07, 6.45) is 3.79. The van der Waals surface area contributed by atoms with E-state index < -0.39 is 0 Å². The molecule has 0 spiro atoms. The summed E-state index contributed by atoms with van der Waals surface area (Å²) in [6, 6.07) is 16.6. The molecule has 1 heterocycles. The van der Waals surface area contributed by atoms with Gasteiger partial charge >= 0.3 is 0 Å². The van der Waals surface area contributed by atoms with Gasteiger partial charge in [0.05, 0.1) is 23.3 Å². The Labute approximate surface area is 224 Å². The van der Waals surface area contributed by atoms with Crippen LogP contribution >= 0.6 is 46.4 Å². The van der Waals surface area contributed by atoms with Crippen LogP contribution in [-0.2, 0) is 4.84 Å². The summed E-state index contributed by atoms with van der Waals surface area (Å²) in [7, 11) is 1.51. The third kappa shape index (κ3) is 8.51. The summed E-state index contributed by atoms with van der Waals surface area (Å²) in [6.45, 7) is 0.932. The quantitative estimate of drug-likeness (QED) is 0.133. The first-order chi connectivity index (χ1) is 17.0. The molecule has 0 aliphatic carbocycles. The molecule has 0 atom stereocenters. The van der Waals surface area contributed by atoms with E-state index in [2.05, 4.69) is 10.1 Å². The molecule has 0 bridgehead atoms. The van der Waals surface area contributed by atoms with E-state index in [1.165, 1.54) is 13.2 Å². The van der Waals surface area contributed by atoms with E-state index in [4.69, 9.17) is 65.5 Å². The summed E-state index contributed by atoms with van der Waals surface area (Å²) >= 11 is 23.7. The van der Waals surface area contributed by atoms with Gasteiger partial charge in [0.1, 0.15) is 29.7 Å². The standard InChI is InChI=1S/C25H22Cl4N2O4/c1-32-31-24(17-6-3-2-4-7-17)18-8-9-23(30-16-18)34-11-5-12-35-25-20(26)14-19(15-21(25)27)33-13-10-22(28)29/h2-4,6-10,14-16H,5,11-13H2,1H3. The zero-order chi connectivity index (χ0) is 25.0. The van der Waals surface area contributed by atoms with E-state index in [1.807, 2.05) is 36.4 Å². The third-order valence-electron chi connectivity index (χ3n) is 4.48. The molecule has 0 unspecified atom stereocenters. The van der Waals surface area contributed by atoms with Crippen LogP contribution < -0.4 is 14.2 Å². The highest BCUT2D eigenvalue weighted by Gasteiger charge is 2.11. The second kappa shape index (κ2) is 14.0. The van der Waals surface area contributed by atoms with Crippen LogP contribution in [0.4, 0.5) is 0 Å². The van der Waals surface area contributed by atoms with Crippen molar-refractivity contribution < 1.29 is 19.0 Å². The molecule has 0 aliphatic rings. The minimum absolute atomic E-state index is 0.118. The Hall–Kier alpha value is -2.64. The molecule has 0 amide bonds. The van der Waals surface area contributed by atoms with Gasteiger partial charge in [0.15, 0.2) is 5.75 Å². The second-order valence-electron chi connectivity index (χ2n) is 6.94. The van der Waals surface area contributed by atoms with Crippen LogP contribution in [0.3, 0.4) is 0 Å². The molecule has 0 saturated heterocycles. The van der Waals surface area contributed by atoms with E-state index in [0.717, 1.165) is 11.1 Å². The van der Waals surface area contributed by atoms with E-state index in [0.29, 0.717) is 52.8 Å². The number of ether oxygens (including phenoxy) is 3. The van der Waals surface area contributed by atoms with Crippen molar-refractivity contribution in [1.82, 2.24) is 4.98 Å². The number of hydrogen-bond acceptors (Lipinski definition) is 6. The van der Waals surface area contributed by atoms with Crippen LogP contribution in [0.15, 0.2) is 76.5 Å². The van der Waals surface area contributed by atoms with Crippen molar-refractivity contribution in [2.24, 2.45) is 5.16 Å². The fourth-order valence-corrected chi connectivity index (χ4v) is 3.64. The third-order valence-corrected chi connectivity index (χ3v) is 5.35. The van der Waals surface area contributed by atoms with Crippen molar-refractivity contribution in [2.45, 2.75) is 6.42 Å². The Morgan fingerprint density at radius 3 is 2.26 bits per heavy atom. The molecule has 1 aromatic heterocycles. The molecule has 0 saturated carbocycles. The maximum absolute atomic E-state index is 6.28. The lowest BCUT2D eigenvalue weighted by Crippen LogP contribution is -2.08. The topological polar surface area (TPSA) is 62.2 Å². The Morgan fingerprint density at radius 1 is 0.914 bits per heavy atom. The van der Waals surface area contributed by atoms with Crippen LogP contribution in [-0.4, -0.2) is 37.6 Å². The van der Waals surface area contributed by atoms with Crippen molar-refractivity contribution in [3.8, 4) is 17.4 Å². The molecular weight excluding hydrogens is 534 g/mol. The Balaban J connectivity index is 1.48. The second-order valence-corrected chi connectivity index (χ2v) is 8.77. The molecule has 2 aromatic carbocycles. The van der Waals surface area contributed by atoms with Gasteiger partial charge in [0, 0.05) is 41.9 Å². The van der Waals surface area contributed by atoms with Gasteiger partial charge in [-0.3, -0.25) is 0 Å². The molecule has 6 nitrogen and oxygen atoms in total. The minimum Gasteiger partial charge on any atom is -0.490 e. The van der Waals surface area contributed by atoms with Crippen LogP contribution in [0.1, 0.15) is 17.5 Å². The summed E-state index contributed by atoms with van der Waals surface area (Å²) < 4.78 is 17.0. The first-order valence-electron chi connectivity index (χ1n) is 10.5. The average Bonchev–Trinajstić information content (AvgIpc) is 2.84. The normalized spacial score (nSPS) is 11.1. The maximum Gasteiger partial charge on any atom is 0.213 e. The molecular formula is C25H22Cl4N2O4. The minimum atomic E-state index is 0.118. The Bertz CT molecular complexity index is 1130. The molecule has 35 heavy (non-hydrogen) atoms. The predicted octanol–water partition coefficient (Wildman–Crippen LogP) is 7.33. The van der Waals surface area contributed by atoms with Gasteiger partial charge in [-0.15, -0.1) is 0 Å². The lowest BCUT2D eigenvalue weighted by atomic mass is 10.0. The molecule has 184 valence electrons. The number of halogens is 4. The van der Waals surface area contributed by atoms with Crippen molar-refractivity contribution >= 4 is 52.1 Å². The lowest BCUT2D eigenvalue weighted by molar-refractivity contribution is 0.214. The summed E-state index contributed by atoms with van der Waals surface area (Å²) in [5.74, 6) is 1.34. The van der Waals surface area contributed by atoms with Crippen molar-refractivity contribution in [3.63, 3.8) is 0 Å². The highest BCUT2D eigenvalue weighted by Crippen LogP contribution is 2.37. The van der Waals surface area contributed by atoms with Crippen molar-refractivity contribution in [3.05, 3.63) is 92.5 Å². The number of benzene rings is 2. The molecule has 3 rings (SSSR count). The lowest BCUT2D eigenvalue weighted by Gasteiger charge is -2.12. The largest absolute Gasteiger partial charge is 0.490 e. The fourth-order valence-electron chi connectivity index (χ4n) is 2.93. The van der Waals surface area contributed by atoms with Gasteiger partial charge in [-0.05, 0) is 12.1 Å². The zero-order valence-electron chi connectivity index (χ0n) is 18.7. The number of oxime groups is 1. The van der Waals surface area contributed by atoms with Crippen LogP contribution in [0, 0.1) is 0 Å². The maximum atomic E-state index is 6.28. The number of pyridine rings is 1. The monoisotopic (exact) mass is 554 g/mol. The van der Waals surface area contributed by atoms with E-state index in [-0.39, 0.29) is 11.1 Å². The van der Waals surface area contributed by atoms with Crippen molar-refractivity contribution in [1.29, 1.82) is 0 Å². The molecule has 0 fully saturated rings. The number of hydrogen-bond donors (Lipinski definition) is 0. The number of rotatable bonds is 12. The van der Waals surface area contributed by atoms with Crippen LogP contribution in [0.25, 0.3) is 0 Å². The fraction of sp³-hybridized carbons (Fsp3) is 0.200. The summed E-state index contributed by atoms with van der Waals surface area (Å²) in [5, 5.41) is 4.79. The zero-order valence-corrected chi connectivity index (χ0v) is 21.7. The van der Waals surface area contributed by atoms with Gasteiger partial charge in [-0.1, -0.05) is 81.9 Å². The van der Waals surface area contributed by atoms with Gasteiger partial charge in [-0.2, -0.15) is 0 Å². The first-order valence-corrected chi connectivity index (χ1v) is 12.0. The van der Waals surface area contributed by atoms with Crippen LogP contribution in [0.5, 0.6) is 17.4 Å². The SMILES string of the molecule is CON=C(c1ccccc1)c1ccc(OCCCOc2c(Cl)cc(OCC=C(Cl)Cl)cc2Cl)nc1. The first kappa shape index (κ1) is 27.0. The summed E-state index contributed by atoms with van der Waals surface area (Å²) in [5.41, 5.74) is 2.42. The molecule has 0 N–H and O–H groups in total. The highest BCUT2D eigenvalue weighted by molar-refractivity contribution is 6.55. The van der Waals surface area contributed by atoms with Gasteiger partial charge < -0.3 is 19.0 Å². The Kier molecular flexibility index (Phi) is 10.8. The average molecular weight is 556 g/mol. The smallest absolute Gasteiger partial charge is 0.213 e.